The van der Waals surface area contributed by atoms with Gasteiger partial charge in [0.2, 0.25) is 5.91 Å². The number of anilines is 1. The predicted octanol–water partition coefficient (Wildman–Crippen LogP) is 4.97. The molecule has 1 aromatic heterocycles. The van der Waals surface area contributed by atoms with Crippen LogP contribution in [-0.2, 0) is 4.79 Å². The van der Waals surface area contributed by atoms with E-state index in [1.807, 2.05) is 29.2 Å². The normalized spacial score (nSPS) is 22.3. The topological polar surface area (TPSA) is 102 Å². The minimum Gasteiger partial charge on any atom is -0.508 e. The molecule has 0 saturated carbocycles. The molecule has 3 saturated heterocycles. The van der Waals surface area contributed by atoms with Crippen LogP contribution in [0.3, 0.4) is 0 Å². The van der Waals surface area contributed by atoms with Crippen molar-refractivity contribution in [1.29, 1.82) is 0 Å². The van der Waals surface area contributed by atoms with E-state index < -0.39 is 5.60 Å². The molecule has 2 unspecified atom stereocenters. The zero-order valence-corrected chi connectivity index (χ0v) is 25.7. The maximum atomic E-state index is 13.0. The number of aliphatic hydroxyl groups is 1. The highest BCUT2D eigenvalue weighted by Crippen LogP contribution is 2.40. The molecular formula is C35H41N5O4. The number of hydrogen-bond donors (Lipinski definition) is 2. The van der Waals surface area contributed by atoms with Gasteiger partial charge in [0.05, 0.1) is 17.5 Å². The fourth-order valence-electron chi connectivity index (χ4n) is 7.35. The first-order chi connectivity index (χ1) is 21.1. The number of aromatic nitrogens is 2. The summed E-state index contributed by atoms with van der Waals surface area (Å²) in [5.74, 6) is 1.06. The Morgan fingerprint density at radius 1 is 1.00 bits per heavy atom. The SMILES string of the molecule is CN1CCC[C@H]1COc1nc(N2C3CCC2CN(C(=O)CC(C)(C)O)C3)c2ccc(-c3cc(O)cc4ccccc34)cc2n1. The molecular weight excluding hydrogens is 554 g/mol. The number of piperazine rings is 1. The van der Waals surface area contributed by atoms with E-state index in [4.69, 9.17) is 14.7 Å². The van der Waals surface area contributed by atoms with Crippen molar-refractivity contribution in [2.75, 3.05) is 38.2 Å². The quantitative estimate of drug-likeness (QED) is 0.309. The first-order valence-electron chi connectivity index (χ1n) is 15.8. The lowest BCUT2D eigenvalue weighted by Crippen LogP contribution is -2.56. The lowest BCUT2D eigenvalue weighted by molar-refractivity contribution is -0.136. The second-order valence-electron chi connectivity index (χ2n) is 13.4. The molecule has 4 aromatic rings. The van der Waals surface area contributed by atoms with Gasteiger partial charge in [-0.25, -0.2) is 0 Å². The van der Waals surface area contributed by atoms with Crippen LogP contribution in [0.15, 0.2) is 54.6 Å². The lowest BCUT2D eigenvalue weighted by atomic mass is 9.97. The van der Waals surface area contributed by atoms with E-state index in [9.17, 15) is 15.0 Å². The van der Waals surface area contributed by atoms with Gasteiger partial charge in [0.1, 0.15) is 18.2 Å². The summed E-state index contributed by atoms with van der Waals surface area (Å²) in [7, 11) is 2.13. The molecule has 3 aromatic carbocycles. The minimum atomic E-state index is -1.03. The van der Waals surface area contributed by atoms with Crippen LogP contribution in [-0.4, -0.2) is 92.9 Å². The number of carbonyl (C=O) groups excluding carboxylic acids is 1. The van der Waals surface area contributed by atoms with E-state index in [-0.39, 0.29) is 30.2 Å². The van der Waals surface area contributed by atoms with Crippen molar-refractivity contribution in [2.45, 2.75) is 69.7 Å². The Morgan fingerprint density at radius 2 is 1.77 bits per heavy atom. The van der Waals surface area contributed by atoms with Gasteiger partial charge in [-0.2, -0.15) is 9.97 Å². The van der Waals surface area contributed by atoms with Crippen molar-refractivity contribution in [1.82, 2.24) is 19.8 Å². The van der Waals surface area contributed by atoms with Crippen molar-refractivity contribution in [3.63, 3.8) is 0 Å². The van der Waals surface area contributed by atoms with E-state index in [0.717, 1.165) is 70.8 Å². The number of amides is 1. The van der Waals surface area contributed by atoms with Crippen molar-refractivity contribution < 1.29 is 19.7 Å². The van der Waals surface area contributed by atoms with Gasteiger partial charge in [0.15, 0.2) is 0 Å². The van der Waals surface area contributed by atoms with Gasteiger partial charge in [0, 0.05) is 36.6 Å². The van der Waals surface area contributed by atoms with Gasteiger partial charge in [-0.3, -0.25) is 4.79 Å². The molecule has 2 bridgehead atoms. The number of aromatic hydroxyl groups is 1. The van der Waals surface area contributed by atoms with Crippen LogP contribution in [0.5, 0.6) is 11.8 Å². The van der Waals surface area contributed by atoms with Gasteiger partial charge >= 0.3 is 6.01 Å². The first kappa shape index (κ1) is 28.8. The number of likely N-dealkylation sites (tertiary alicyclic amines) is 2. The smallest absolute Gasteiger partial charge is 0.319 e. The van der Waals surface area contributed by atoms with Crippen LogP contribution in [0.4, 0.5) is 5.82 Å². The fraction of sp³-hybridized carbons (Fsp3) is 0.457. The zero-order valence-electron chi connectivity index (χ0n) is 25.7. The highest BCUT2D eigenvalue weighted by molar-refractivity contribution is 6.01. The molecule has 3 aliphatic rings. The second kappa shape index (κ2) is 11.2. The van der Waals surface area contributed by atoms with E-state index >= 15 is 0 Å². The maximum absolute atomic E-state index is 13.0. The molecule has 4 heterocycles. The second-order valence-corrected chi connectivity index (χ2v) is 13.4. The fourth-order valence-corrected chi connectivity index (χ4v) is 7.35. The Balaban J connectivity index is 1.27. The first-order valence-corrected chi connectivity index (χ1v) is 15.8. The number of phenolic OH excluding ortho intramolecular Hbond substituents is 1. The number of fused-ring (bicyclic) bond motifs is 4. The van der Waals surface area contributed by atoms with Crippen molar-refractivity contribution in [3.8, 4) is 22.9 Å². The highest BCUT2D eigenvalue weighted by Gasteiger charge is 2.43. The van der Waals surface area contributed by atoms with Crippen molar-refractivity contribution in [2.24, 2.45) is 0 Å². The summed E-state index contributed by atoms with van der Waals surface area (Å²) >= 11 is 0. The standard InChI is InChI=1S/C35H41N5O4/c1-35(2,43)18-32(42)39-19-24-11-12-25(20-39)40(24)33-29-13-10-23(30-17-27(41)15-22-7-4-5-9-28(22)30)16-31(29)36-34(37-33)44-21-26-8-6-14-38(26)3/h4-5,7,9-10,13,15-17,24-26,41,43H,6,8,11-12,14,18-21H2,1-3H3/t24?,25?,26-/m0/s1. The molecule has 2 N–H and O–H groups in total. The summed E-state index contributed by atoms with van der Waals surface area (Å²) in [6.45, 7) is 6.17. The third-order valence-corrected chi connectivity index (χ3v) is 9.55. The number of rotatable bonds is 7. The van der Waals surface area contributed by atoms with Crippen LogP contribution >= 0.6 is 0 Å². The van der Waals surface area contributed by atoms with Crippen LogP contribution in [0.25, 0.3) is 32.8 Å². The van der Waals surface area contributed by atoms with Crippen LogP contribution in [0, 0.1) is 0 Å². The molecule has 9 nitrogen and oxygen atoms in total. The third-order valence-electron chi connectivity index (χ3n) is 9.55. The van der Waals surface area contributed by atoms with Crippen LogP contribution < -0.4 is 9.64 Å². The number of likely N-dealkylation sites (N-methyl/N-ethyl adjacent to an activating group) is 1. The number of benzene rings is 3. The van der Waals surface area contributed by atoms with Crippen molar-refractivity contribution in [3.05, 3.63) is 54.6 Å². The highest BCUT2D eigenvalue weighted by atomic mass is 16.5. The molecule has 0 radical (unpaired) electrons. The van der Waals surface area contributed by atoms with E-state index in [1.54, 1.807) is 19.9 Å². The maximum Gasteiger partial charge on any atom is 0.319 e. The largest absolute Gasteiger partial charge is 0.508 e. The van der Waals surface area contributed by atoms with E-state index in [0.29, 0.717) is 31.7 Å². The van der Waals surface area contributed by atoms with Crippen molar-refractivity contribution >= 4 is 33.4 Å². The number of phenols is 1. The summed E-state index contributed by atoms with van der Waals surface area (Å²) < 4.78 is 6.32. The Bertz CT molecular complexity index is 1710. The lowest BCUT2D eigenvalue weighted by Gasteiger charge is -2.42. The molecule has 1 amide bonds. The molecule has 0 aliphatic carbocycles. The van der Waals surface area contributed by atoms with Gasteiger partial charge < -0.3 is 29.6 Å². The average Bonchev–Trinajstić information content (AvgIpc) is 3.51. The molecule has 3 aliphatic heterocycles. The van der Waals surface area contributed by atoms with Crippen LogP contribution in [0.2, 0.25) is 0 Å². The number of nitrogens with zero attached hydrogens (tertiary/aromatic N) is 5. The summed E-state index contributed by atoms with van der Waals surface area (Å²) in [6, 6.07) is 18.8. The van der Waals surface area contributed by atoms with Crippen LogP contribution in [0.1, 0.15) is 46.0 Å². The van der Waals surface area contributed by atoms with Gasteiger partial charge in [-0.15, -0.1) is 0 Å². The molecule has 230 valence electrons. The molecule has 44 heavy (non-hydrogen) atoms. The van der Waals surface area contributed by atoms with Gasteiger partial charge in [-0.05, 0) is 99.3 Å². The van der Waals surface area contributed by atoms with Gasteiger partial charge in [0.25, 0.3) is 0 Å². The molecule has 0 spiro atoms. The predicted molar refractivity (Wildman–Crippen MR) is 172 cm³/mol. The van der Waals surface area contributed by atoms with E-state index in [2.05, 4.69) is 41.1 Å². The molecule has 7 rings (SSSR count). The number of hydrogen-bond acceptors (Lipinski definition) is 8. The Morgan fingerprint density at radius 3 is 2.50 bits per heavy atom. The molecule has 9 heteroatoms. The zero-order chi connectivity index (χ0) is 30.6. The summed E-state index contributed by atoms with van der Waals surface area (Å²) in [5, 5.41) is 23.8. The summed E-state index contributed by atoms with van der Waals surface area (Å²) in [4.78, 5) is 29.6. The Kier molecular flexibility index (Phi) is 7.33. The Labute approximate surface area is 258 Å². The monoisotopic (exact) mass is 595 g/mol. The number of carbonyl (C=O) groups is 1. The van der Waals surface area contributed by atoms with Gasteiger partial charge in [-0.1, -0.05) is 30.3 Å². The summed E-state index contributed by atoms with van der Waals surface area (Å²) in [5.41, 5.74) is 1.65. The molecule has 3 atom stereocenters. The third kappa shape index (κ3) is 5.55. The average molecular weight is 596 g/mol. The molecule has 3 fully saturated rings. The number of ether oxygens (including phenoxy) is 1. The van der Waals surface area contributed by atoms with E-state index in [1.165, 1.54) is 0 Å². The summed E-state index contributed by atoms with van der Waals surface area (Å²) in [6.07, 6.45) is 4.31. The Hall–Kier alpha value is -3.95. The minimum absolute atomic E-state index is 0.00529.